The molecule has 0 saturated heterocycles. The standard InChI is InChI=1S/C46H54Si.2CH3.Zr/c1-11-15-35-29-33-17-13-19-39(31-21-25-37(26-22-31)45(3,4)5)41(33)43(35)47(9,10)44-36(16-12-2)30-34-18-14-20-40(42(34)44)32-23-27-38(28-24-32)46(6,7)8;;;/h13-14,17-30H,11-12,15-16H2,1-10H3;2*1H3;/q-2;2*-1;+4. The Hall–Kier alpha value is -2.80. The smallest absolute Gasteiger partial charge is 0.358 e. The van der Waals surface area contributed by atoms with Crippen LogP contribution in [0.4, 0.5) is 0 Å². The van der Waals surface area contributed by atoms with Gasteiger partial charge in [-0.05, 0) is 45.9 Å². The summed E-state index contributed by atoms with van der Waals surface area (Å²) in [5.74, 6) is 0. The normalized spacial score (nSPS) is 12.0. The van der Waals surface area contributed by atoms with Crippen molar-refractivity contribution in [3.63, 3.8) is 0 Å². The fourth-order valence-electron chi connectivity index (χ4n) is 8.05. The molecule has 0 fully saturated rings. The molecule has 0 amide bonds. The van der Waals surface area contributed by atoms with Crippen molar-refractivity contribution >= 4 is 40.0 Å². The molecule has 260 valence electrons. The summed E-state index contributed by atoms with van der Waals surface area (Å²) in [4.78, 5) is 0. The van der Waals surface area contributed by atoms with Gasteiger partial charge in [-0.3, -0.25) is 0 Å². The van der Waals surface area contributed by atoms with Crippen LogP contribution in [-0.4, -0.2) is 8.07 Å². The number of hydrogen-bond donors (Lipinski definition) is 0. The number of hydrogen-bond acceptors (Lipinski definition) is 0. The average Bonchev–Trinajstić information content (AvgIpc) is 3.59. The van der Waals surface area contributed by atoms with E-state index in [2.05, 4.69) is 166 Å². The maximum absolute atomic E-state index is 2.65. The van der Waals surface area contributed by atoms with E-state index in [4.69, 9.17) is 0 Å². The zero-order valence-electron chi connectivity index (χ0n) is 33.1. The number of rotatable bonds is 8. The Balaban J connectivity index is 0.00000225. The van der Waals surface area contributed by atoms with E-state index in [-0.39, 0.29) is 51.9 Å². The van der Waals surface area contributed by atoms with E-state index in [0.29, 0.717) is 0 Å². The third-order valence-corrected chi connectivity index (χ3v) is 14.0. The van der Waals surface area contributed by atoms with Gasteiger partial charge in [0.2, 0.25) is 0 Å². The van der Waals surface area contributed by atoms with Crippen LogP contribution in [-0.2, 0) is 49.9 Å². The van der Waals surface area contributed by atoms with Gasteiger partial charge in [0.15, 0.2) is 0 Å². The maximum Gasteiger partial charge on any atom is 4.00 e. The minimum Gasteiger partial charge on any atom is -0.358 e. The topological polar surface area (TPSA) is 0 Å². The van der Waals surface area contributed by atoms with Crippen LogP contribution in [0.25, 0.3) is 43.8 Å². The molecule has 0 saturated carbocycles. The monoisotopic (exact) mass is 754 g/mol. The Morgan fingerprint density at radius 2 is 0.860 bits per heavy atom. The Bertz CT molecular complexity index is 1870. The average molecular weight is 756 g/mol. The molecular formula is C48H60SiZr. The van der Waals surface area contributed by atoms with Crippen LogP contribution in [0.3, 0.4) is 0 Å². The Morgan fingerprint density at radius 3 is 1.16 bits per heavy atom. The third-order valence-electron chi connectivity index (χ3n) is 10.4. The first-order valence-corrected chi connectivity index (χ1v) is 20.9. The SMILES string of the molecule is CCCc1[cH-]c2cccc(-c3ccc(C(C)(C)C)cc3)c2c1[Si](C)(C)c1c(CCC)[cH-]c2cccc(-c3ccc(C(C)(C)C)cc3)c12.[CH3-].[CH3-].[Zr+4]. The van der Waals surface area contributed by atoms with E-state index in [9.17, 15) is 0 Å². The minimum atomic E-state index is -2.25. The second-order valence-corrected chi connectivity index (χ2v) is 20.7. The van der Waals surface area contributed by atoms with Crippen molar-refractivity contribution in [3.8, 4) is 22.3 Å². The Labute approximate surface area is 325 Å². The van der Waals surface area contributed by atoms with Gasteiger partial charge in [0, 0.05) is 8.07 Å². The van der Waals surface area contributed by atoms with Crippen LogP contribution < -0.4 is 10.4 Å². The second kappa shape index (κ2) is 15.8. The van der Waals surface area contributed by atoms with Crippen molar-refractivity contribution < 1.29 is 26.2 Å². The fraction of sp³-hybridized carbons (Fsp3) is 0.333. The summed E-state index contributed by atoms with van der Waals surface area (Å²) in [6, 6.07) is 37.9. The molecule has 0 aliphatic carbocycles. The molecule has 0 bridgehead atoms. The molecule has 0 atom stereocenters. The molecule has 0 heterocycles. The van der Waals surface area contributed by atoms with E-state index < -0.39 is 8.07 Å². The summed E-state index contributed by atoms with van der Waals surface area (Å²) in [6.07, 6.45) is 4.54. The van der Waals surface area contributed by atoms with Gasteiger partial charge in [-0.15, -0.1) is 69.1 Å². The van der Waals surface area contributed by atoms with E-state index in [0.717, 1.165) is 25.7 Å². The van der Waals surface area contributed by atoms with Crippen LogP contribution in [0.15, 0.2) is 97.1 Å². The summed E-state index contributed by atoms with van der Waals surface area (Å²) in [6.45, 7) is 23.8. The van der Waals surface area contributed by atoms with E-state index in [1.165, 1.54) is 54.9 Å². The van der Waals surface area contributed by atoms with Gasteiger partial charge < -0.3 is 14.9 Å². The van der Waals surface area contributed by atoms with Crippen molar-refractivity contribution in [2.45, 2.75) is 105 Å². The first-order valence-electron chi connectivity index (χ1n) is 17.9. The van der Waals surface area contributed by atoms with Gasteiger partial charge in [-0.1, -0.05) is 153 Å². The van der Waals surface area contributed by atoms with E-state index in [1.807, 2.05) is 0 Å². The molecule has 6 rings (SSSR count). The maximum atomic E-state index is 2.65. The van der Waals surface area contributed by atoms with Gasteiger partial charge in [0.1, 0.15) is 0 Å². The molecule has 6 aromatic carbocycles. The molecule has 0 radical (unpaired) electrons. The second-order valence-electron chi connectivity index (χ2n) is 16.4. The van der Waals surface area contributed by atoms with Crippen LogP contribution in [0.5, 0.6) is 0 Å². The predicted molar refractivity (Wildman–Crippen MR) is 225 cm³/mol. The Morgan fingerprint density at radius 1 is 0.520 bits per heavy atom. The van der Waals surface area contributed by atoms with Gasteiger partial charge in [0.25, 0.3) is 0 Å². The molecule has 0 nitrogen and oxygen atoms in total. The zero-order chi connectivity index (χ0) is 33.7. The number of benzene rings is 4. The van der Waals surface area contributed by atoms with E-state index >= 15 is 0 Å². The first-order chi connectivity index (χ1) is 22.3. The molecule has 0 aliphatic heterocycles. The molecule has 2 heteroatoms. The number of fused-ring (bicyclic) bond motifs is 2. The predicted octanol–water partition coefficient (Wildman–Crippen LogP) is 13.0. The van der Waals surface area contributed by atoms with Crippen molar-refractivity contribution in [2.75, 3.05) is 0 Å². The van der Waals surface area contributed by atoms with Crippen LogP contribution in [0.2, 0.25) is 13.1 Å². The van der Waals surface area contributed by atoms with Gasteiger partial charge in [-0.2, -0.15) is 10.4 Å². The molecule has 6 aromatic rings. The summed E-state index contributed by atoms with van der Waals surface area (Å²) < 4.78 is 0. The van der Waals surface area contributed by atoms with Crippen molar-refractivity contribution in [1.82, 2.24) is 0 Å². The molecule has 0 aromatic heterocycles. The first kappa shape index (κ1) is 41.6. The van der Waals surface area contributed by atoms with Crippen molar-refractivity contribution in [1.29, 1.82) is 0 Å². The van der Waals surface area contributed by atoms with Gasteiger partial charge in [-0.25, -0.2) is 0 Å². The molecule has 0 N–H and O–H groups in total. The molecule has 0 spiro atoms. The summed E-state index contributed by atoms with van der Waals surface area (Å²) in [5.41, 5.74) is 11.6. The molecular weight excluding hydrogens is 696 g/mol. The minimum absolute atomic E-state index is 0. The van der Waals surface area contributed by atoms with Crippen molar-refractivity contribution in [3.05, 3.63) is 134 Å². The quantitative estimate of drug-likeness (QED) is 0.107. The zero-order valence-corrected chi connectivity index (χ0v) is 36.5. The van der Waals surface area contributed by atoms with Gasteiger partial charge >= 0.3 is 26.2 Å². The van der Waals surface area contributed by atoms with Crippen LogP contribution >= 0.6 is 0 Å². The molecule has 50 heavy (non-hydrogen) atoms. The van der Waals surface area contributed by atoms with Crippen molar-refractivity contribution in [2.24, 2.45) is 0 Å². The summed E-state index contributed by atoms with van der Waals surface area (Å²) >= 11 is 0. The Kier molecular flexibility index (Phi) is 13.2. The largest absolute Gasteiger partial charge is 4.00 e. The van der Waals surface area contributed by atoms with Crippen LogP contribution in [0.1, 0.15) is 90.5 Å². The third kappa shape index (κ3) is 7.68. The summed E-state index contributed by atoms with van der Waals surface area (Å²) in [5, 5.41) is 9.06. The van der Waals surface area contributed by atoms with Crippen LogP contribution in [0, 0.1) is 14.9 Å². The van der Waals surface area contributed by atoms with Gasteiger partial charge in [0.05, 0.1) is 0 Å². The molecule has 0 unspecified atom stereocenters. The van der Waals surface area contributed by atoms with E-state index in [1.54, 1.807) is 21.5 Å². The summed E-state index contributed by atoms with van der Waals surface area (Å²) in [7, 11) is -2.25. The number of aryl methyl sites for hydroxylation is 2. The molecule has 0 aliphatic rings. The fourth-order valence-corrected chi connectivity index (χ4v) is 12.1.